The van der Waals surface area contributed by atoms with Crippen LogP contribution in [0.3, 0.4) is 0 Å². The van der Waals surface area contributed by atoms with Crippen molar-refractivity contribution in [1.29, 1.82) is 0 Å². The number of aliphatic hydroxyl groups excluding tert-OH is 1. The molecule has 3 rings (SSSR count). The van der Waals surface area contributed by atoms with E-state index in [0.717, 1.165) is 0 Å². The van der Waals surface area contributed by atoms with Crippen LogP contribution in [0.5, 0.6) is 5.88 Å². The van der Waals surface area contributed by atoms with Crippen molar-refractivity contribution in [1.82, 2.24) is 20.3 Å². The summed E-state index contributed by atoms with van der Waals surface area (Å²) in [6.07, 6.45) is -3.96. The number of fused-ring (bicyclic) bond motifs is 1. The highest BCUT2D eigenvalue weighted by molar-refractivity contribution is 6.39. The third-order valence-corrected chi connectivity index (χ3v) is 5.04. The number of anilines is 2. The normalized spacial score (nSPS) is 12.1. The second kappa shape index (κ2) is 10.1. The van der Waals surface area contributed by atoms with E-state index in [1.165, 1.54) is 13.0 Å². The minimum Gasteiger partial charge on any atom is -0.471 e. The average molecular weight is 503 g/mol. The summed E-state index contributed by atoms with van der Waals surface area (Å²) < 4.78 is 29.9. The second-order valence-corrected chi connectivity index (χ2v) is 7.56. The number of carbonyl (C=O) groups is 2. The number of ether oxygens (including phenoxy) is 1. The van der Waals surface area contributed by atoms with E-state index in [0.29, 0.717) is 5.56 Å². The van der Waals surface area contributed by atoms with E-state index >= 15 is 0 Å². The number of halogens is 4. The Bertz CT molecular complexity index is 1200. The molecule has 0 aliphatic carbocycles. The van der Waals surface area contributed by atoms with Gasteiger partial charge in [-0.3, -0.25) is 9.59 Å². The zero-order chi connectivity index (χ0) is 24.3. The second-order valence-electron chi connectivity index (χ2n) is 6.78. The largest absolute Gasteiger partial charge is 0.471 e. The van der Waals surface area contributed by atoms with Crippen LogP contribution in [0.1, 0.15) is 22.8 Å². The minimum atomic E-state index is -2.78. The third kappa shape index (κ3) is 5.78. The van der Waals surface area contributed by atoms with Gasteiger partial charge in [0.15, 0.2) is 12.3 Å². The third-order valence-electron chi connectivity index (χ3n) is 4.30. The number of nitrogens with zero attached hydrogens (tertiary/aromatic N) is 2. The molecule has 10 nitrogen and oxygen atoms in total. The van der Waals surface area contributed by atoms with Crippen LogP contribution < -0.4 is 21.1 Å². The van der Waals surface area contributed by atoms with Crippen molar-refractivity contribution in [2.45, 2.75) is 26.0 Å². The number of H-pyrrole nitrogens is 1. The van der Waals surface area contributed by atoms with Gasteiger partial charge < -0.3 is 31.2 Å². The van der Waals surface area contributed by atoms with Gasteiger partial charge >= 0.3 is 0 Å². The van der Waals surface area contributed by atoms with Crippen LogP contribution in [-0.4, -0.2) is 51.0 Å². The van der Waals surface area contributed by atoms with Gasteiger partial charge in [-0.1, -0.05) is 29.3 Å². The first-order valence-electron chi connectivity index (χ1n) is 9.38. The predicted molar refractivity (Wildman–Crippen MR) is 117 cm³/mol. The molecule has 2 aromatic heterocycles. The van der Waals surface area contributed by atoms with Gasteiger partial charge in [-0.25, -0.2) is 8.78 Å². The molecule has 176 valence electrons. The highest BCUT2D eigenvalue weighted by Gasteiger charge is 2.19. The van der Waals surface area contributed by atoms with Gasteiger partial charge in [-0.05, 0) is 24.6 Å². The van der Waals surface area contributed by atoms with Gasteiger partial charge in [0.2, 0.25) is 17.7 Å². The van der Waals surface area contributed by atoms with Gasteiger partial charge in [0.1, 0.15) is 11.7 Å². The van der Waals surface area contributed by atoms with Crippen LogP contribution in [0.15, 0.2) is 18.2 Å². The number of hydrogen-bond acceptors (Lipinski definition) is 7. The van der Waals surface area contributed by atoms with E-state index in [-0.39, 0.29) is 50.8 Å². The number of nitrogens with two attached hydrogens (primary N) is 1. The number of nitrogens with one attached hydrogen (secondary N) is 3. The van der Waals surface area contributed by atoms with Crippen LogP contribution >= 0.6 is 23.2 Å². The quantitative estimate of drug-likeness (QED) is 0.301. The molecule has 1 atom stereocenters. The lowest BCUT2D eigenvalue weighted by Gasteiger charge is -2.13. The molecule has 0 bridgehead atoms. The first-order chi connectivity index (χ1) is 15.6. The number of pyridine rings is 1. The predicted octanol–water partition coefficient (Wildman–Crippen LogP) is 2.75. The molecule has 2 heterocycles. The number of aliphatic hydroxyl groups is 1. The summed E-state index contributed by atoms with van der Waals surface area (Å²) in [5, 5.41) is 15.1. The summed E-state index contributed by atoms with van der Waals surface area (Å²) in [5.41, 5.74) is 6.17. The SMILES string of the molecule is C[C@H](O)C(=O)NCc1ccc(Cl)c(Nc2nc3nc(OCC(F)F)c(C(N)=O)cc3[nH]2)c1Cl. The maximum absolute atomic E-state index is 12.5. The molecule has 3 aromatic rings. The first-order valence-corrected chi connectivity index (χ1v) is 10.1. The first kappa shape index (κ1) is 24.4. The highest BCUT2D eigenvalue weighted by Crippen LogP contribution is 2.35. The van der Waals surface area contributed by atoms with Crippen molar-refractivity contribution in [2.24, 2.45) is 5.73 Å². The Morgan fingerprint density at radius 3 is 2.67 bits per heavy atom. The van der Waals surface area contributed by atoms with E-state index < -0.39 is 31.0 Å². The maximum Gasteiger partial charge on any atom is 0.272 e. The fourth-order valence-corrected chi connectivity index (χ4v) is 3.24. The number of benzene rings is 1. The molecule has 1 aromatic carbocycles. The zero-order valence-electron chi connectivity index (χ0n) is 17.0. The molecule has 0 radical (unpaired) electrons. The molecule has 0 spiro atoms. The Morgan fingerprint density at radius 1 is 1.30 bits per heavy atom. The van der Waals surface area contributed by atoms with Crippen molar-refractivity contribution in [2.75, 3.05) is 11.9 Å². The summed E-state index contributed by atoms with van der Waals surface area (Å²) in [6, 6.07) is 4.42. The van der Waals surface area contributed by atoms with E-state index in [9.17, 15) is 23.5 Å². The molecule has 33 heavy (non-hydrogen) atoms. The monoisotopic (exact) mass is 502 g/mol. The number of imidazole rings is 1. The smallest absolute Gasteiger partial charge is 0.272 e. The van der Waals surface area contributed by atoms with Gasteiger partial charge in [0, 0.05) is 6.54 Å². The van der Waals surface area contributed by atoms with Crippen LogP contribution in [0, 0.1) is 0 Å². The lowest BCUT2D eigenvalue weighted by Crippen LogP contribution is -2.32. The van der Waals surface area contributed by atoms with Gasteiger partial charge in [-0.15, -0.1) is 0 Å². The summed E-state index contributed by atoms with van der Waals surface area (Å²) in [7, 11) is 0. The summed E-state index contributed by atoms with van der Waals surface area (Å²) in [6.45, 7) is 0.385. The van der Waals surface area contributed by atoms with Crippen LogP contribution in [0.2, 0.25) is 10.0 Å². The number of alkyl halides is 2. The fourth-order valence-electron chi connectivity index (χ4n) is 2.71. The Morgan fingerprint density at radius 2 is 2.03 bits per heavy atom. The zero-order valence-corrected chi connectivity index (χ0v) is 18.5. The van der Waals surface area contributed by atoms with Gasteiger partial charge in [0.05, 0.1) is 21.2 Å². The van der Waals surface area contributed by atoms with Crippen molar-refractivity contribution in [3.05, 3.63) is 39.4 Å². The molecular formula is C19H18Cl2F2N6O4. The molecule has 0 fully saturated rings. The fraction of sp³-hybridized carbons (Fsp3) is 0.263. The van der Waals surface area contributed by atoms with E-state index in [1.54, 1.807) is 12.1 Å². The maximum atomic E-state index is 12.5. The number of carbonyl (C=O) groups excluding carboxylic acids is 2. The van der Waals surface area contributed by atoms with Crippen molar-refractivity contribution < 1.29 is 28.2 Å². The van der Waals surface area contributed by atoms with Crippen molar-refractivity contribution in [3.63, 3.8) is 0 Å². The lowest BCUT2D eigenvalue weighted by atomic mass is 10.2. The average Bonchev–Trinajstić information content (AvgIpc) is 3.14. The molecule has 0 aliphatic rings. The number of aromatic nitrogens is 3. The molecule has 0 unspecified atom stereocenters. The minimum absolute atomic E-state index is 0.0307. The van der Waals surface area contributed by atoms with E-state index in [1.807, 2.05) is 0 Å². The number of rotatable bonds is 9. The Balaban J connectivity index is 1.90. The lowest BCUT2D eigenvalue weighted by molar-refractivity contribution is -0.128. The number of primary amides is 1. The number of hydrogen-bond donors (Lipinski definition) is 5. The molecule has 0 saturated carbocycles. The van der Waals surface area contributed by atoms with Crippen LogP contribution in [0.25, 0.3) is 11.2 Å². The van der Waals surface area contributed by atoms with Gasteiger partial charge in [-0.2, -0.15) is 9.97 Å². The molecule has 14 heteroatoms. The molecule has 6 N–H and O–H groups in total. The topological polar surface area (TPSA) is 155 Å². The van der Waals surface area contributed by atoms with Crippen LogP contribution in [0.4, 0.5) is 20.4 Å². The molecule has 0 saturated heterocycles. The summed E-state index contributed by atoms with van der Waals surface area (Å²) in [5.74, 6) is -1.75. The Kier molecular flexibility index (Phi) is 7.51. The van der Waals surface area contributed by atoms with E-state index in [2.05, 4.69) is 25.6 Å². The van der Waals surface area contributed by atoms with Gasteiger partial charge in [0.25, 0.3) is 12.3 Å². The highest BCUT2D eigenvalue weighted by atomic mass is 35.5. The van der Waals surface area contributed by atoms with Crippen molar-refractivity contribution >= 4 is 57.8 Å². The number of amides is 2. The Hall–Kier alpha value is -3.22. The van der Waals surface area contributed by atoms with Crippen LogP contribution in [-0.2, 0) is 11.3 Å². The molecular weight excluding hydrogens is 485 g/mol. The Labute approximate surface area is 195 Å². The van der Waals surface area contributed by atoms with Crippen molar-refractivity contribution in [3.8, 4) is 5.88 Å². The summed E-state index contributed by atoms with van der Waals surface area (Å²) >= 11 is 12.7. The van der Waals surface area contributed by atoms with E-state index in [4.69, 9.17) is 33.7 Å². The standard InChI is InChI=1S/C19H18Cl2F2N6O4/c1-7(30)17(32)25-5-8-2-3-10(20)14(13(8)21)27-19-26-11-4-9(15(24)31)18(28-16(11)29-19)33-6-12(22)23/h2-4,7,12,30H,5-6H2,1H3,(H2,24,31)(H,25,32)(H2,26,27,28,29)/t7-/m0/s1. The number of aromatic amines is 1. The molecule has 2 amide bonds. The summed E-state index contributed by atoms with van der Waals surface area (Å²) in [4.78, 5) is 34.3. The molecule has 0 aliphatic heterocycles.